The van der Waals surface area contributed by atoms with Crippen LogP contribution in [0.15, 0.2) is 12.1 Å². The van der Waals surface area contributed by atoms with Crippen LogP contribution >= 0.6 is 23.2 Å². The molecule has 9 heteroatoms. The Morgan fingerprint density at radius 2 is 1.88 bits per heavy atom. The predicted molar refractivity (Wildman–Crippen MR) is 91.5 cm³/mol. The first-order valence-corrected chi connectivity index (χ1v) is 8.34. The molecule has 1 fully saturated rings. The molecule has 2 heterocycles. The molecular weight excluding hydrogens is 357 g/mol. The summed E-state index contributed by atoms with van der Waals surface area (Å²) >= 11 is 12.2. The minimum atomic E-state index is -1.33. The zero-order valence-corrected chi connectivity index (χ0v) is 14.7. The van der Waals surface area contributed by atoms with Crippen LogP contribution in [0.2, 0.25) is 10.0 Å². The molecule has 24 heavy (non-hydrogen) atoms. The Balaban J connectivity index is 2.15. The number of aliphatic hydroxyl groups is 3. The Labute approximate surface area is 148 Å². The average Bonchev–Trinajstić information content (AvgIpc) is 2.82. The fourth-order valence-electron chi connectivity index (χ4n) is 2.73. The molecule has 4 atom stereocenters. The third-order valence-electron chi connectivity index (χ3n) is 3.88. The van der Waals surface area contributed by atoms with Crippen molar-refractivity contribution in [3.8, 4) is 0 Å². The second-order valence-corrected chi connectivity index (χ2v) is 6.95. The predicted octanol–water partition coefficient (Wildman–Crippen LogP) is 1.77. The lowest BCUT2D eigenvalue weighted by atomic mass is 10.0. The van der Waals surface area contributed by atoms with Crippen molar-refractivity contribution in [2.45, 2.75) is 44.4 Å². The highest BCUT2D eigenvalue weighted by atomic mass is 35.5. The number of nitrogens with one attached hydrogen (secondary N) is 1. The molecular formula is C15H19Cl2N3O4. The van der Waals surface area contributed by atoms with Crippen molar-refractivity contribution in [3.05, 3.63) is 22.2 Å². The SMILES string of the molecule is CC(C)Nc1nc2cc(Cl)c(Cl)cc2n1[C@H]1OC[C@H](O)[C@H](O)[C@@H]1O. The number of ether oxygens (including phenoxy) is 1. The van der Waals surface area contributed by atoms with Crippen molar-refractivity contribution in [1.82, 2.24) is 9.55 Å². The maximum atomic E-state index is 10.4. The third kappa shape index (κ3) is 3.08. The van der Waals surface area contributed by atoms with Crippen molar-refractivity contribution in [3.63, 3.8) is 0 Å². The van der Waals surface area contributed by atoms with Gasteiger partial charge in [-0.1, -0.05) is 23.2 Å². The molecule has 0 saturated carbocycles. The maximum absolute atomic E-state index is 10.4. The Bertz CT molecular complexity index is 752. The van der Waals surface area contributed by atoms with Gasteiger partial charge in [-0.25, -0.2) is 4.98 Å². The maximum Gasteiger partial charge on any atom is 0.206 e. The minimum Gasteiger partial charge on any atom is -0.388 e. The smallest absolute Gasteiger partial charge is 0.206 e. The Hall–Kier alpha value is -1.09. The van der Waals surface area contributed by atoms with Gasteiger partial charge in [-0.3, -0.25) is 4.57 Å². The quantitative estimate of drug-likeness (QED) is 0.652. The summed E-state index contributed by atoms with van der Waals surface area (Å²) in [5.41, 5.74) is 1.17. The van der Waals surface area contributed by atoms with Crippen molar-refractivity contribution in [2.75, 3.05) is 11.9 Å². The van der Waals surface area contributed by atoms with Crippen molar-refractivity contribution in [1.29, 1.82) is 0 Å². The van der Waals surface area contributed by atoms with E-state index < -0.39 is 24.5 Å². The van der Waals surface area contributed by atoms with E-state index in [9.17, 15) is 15.3 Å². The summed E-state index contributed by atoms with van der Waals surface area (Å²) in [7, 11) is 0. The second-order valence-electron chi connectivity index (χ2n) is 6.13. The Morgan fingerprint density at radius 1 is 1.21 bits per heavy atom. The number of hydrogen-bond donors (Lipinski definition) is 4. The molecule has 1 aliphatic rings. The lowest BCUT2D eigenvalue weighted by Crippen LogP contribution is -2.50. The molecule has 132 valence electrons. The summed E-state index contributed by atoms with van der Waals surface area (Å²) in [6, 6.07) is 3.33. The molecule has 0 radical (unpaired) electrons. The third-order valence-corrected chi connectivity index (χ3v) is 4.60. The highest BCUT2D eigenvalue weighted by Crippen LogP contribution is 2.35. The lowest BCUT2D eigenvalue weighted by molar-refractivity contribution is -0.209. The van der Waals surface area contributed by atoms with Gasteiger partial charge < -0.3 is 25.4 Å². The van der Waals surface area contributed by atoms with E-state index in [4.69, 9.17) is 27.9 Å². The van der Waals surface area contributed by atoms with Gasteiger partial charge in [0.2, 0.25) is 5.95 Å². The van der Waals surface area contributed by atoms with Crippen LogP contribution in [-0.4, -0.2) is 55.8 Å². The zero-order chi connectivity index (χ0) is 17.6. The standard InChI is InChI=1S/C15H19Cl2N3O4/c1-6(2)18-15-19-9-3-7(16)8(17)4-10(9)20(15)14-13(23)12(22)11(21)5-24-14/h3-4,6,11-14,21-23H,5H2,1-2H3,(H,18,19)/t11-,12-,13-,14-/m0/s1. The topological polar surface area (TPSA) is 99.8 Å². The summed E-state index contributed by atoms with van der Waals surface area (Å²) in [5, 5.41) is 33.9. The van der Waals surface area contributed by atoms with Gasteiger partial charge in [0.1, 0.15) is 18.3 Å². The molecule has 0 spiro atoms. The molecule has 1 aromatic heterocycles. The van der Waals surface area contributed by atoms with Crippen LogP contribution < -0.4 is 5.32 Å². The minimum absolute atomic E-state index is 0.0720. The number of anilines is 1. The second kappa shape index (κ2) is 6.67. The summed E-state index contributed by atoms with van der Waals surface area (Å²) < 4.78 is 7.19. The van der Waals surface area contributed by atoms with E-state index in [1.807, 2.05) is 13.8 Å². The van der Waals surface area contributed by atoms with Gasteiger partial charge in [0, 0.05) is 6.04 Å². The first-order valence-electron chi connectivity index (χ1n) is 7.59. The van der Waals surface area contributed by atoms with Crippen LogP contribution in [0.4, 0.5) is 5.95 Å². The van der Waals surface area contributed by atoms with Crippen LogP contribution in [0.3, 0.4) is 0 Å². The van der Waals surface area contributed by atoms with E-state index in [2.05, 4.69) is 10.3 Å². The van der Waals surface area contributed by atoms with Gasteiger partial charge in [0.15, 0.2) is 6.23 Å². The number of rotatable bonds is 3. The Kier molecular flexibility index (Phi) is 4.92. The summed E-state index contributed by atoms with van der Waals surface area (Å²) in [4.78, 5) is 4.48. The molecule has 0 aliphatic carbocycles. The molecule has 0 amide bonds. The highest BCUT2D eigenvalue weighted by Gasteiger charge is 2.40. The summed E-state index contributed by atoms with van der Waals surface area (Å²) in [5.74, 6) is 0.450. The molecule has 1 aromatic carbocycles. The molecule has 0 bridgehead atoms. The molecule has 1 aliphatic heterocycles. The molecule has 2 aromatic rings. The van der Waals surface area contributed by atoms with Gasteiger partial charge in [0.05, 0.1) is 27.7 Å². The van der Waals surface area contributed by atoms with Crippen LogP contribution in [0.25, 0.3) is 11.0 Å². The molecule has 3 rings (SSSR count). The van der Waals surface area contributed by atoms with Crippen LogP contribution in [-0.2, 0) is 4.74 Å². The molecule has 1 saturated heterocycles. The molecule has 0 unspecified atom stereocenters. The monoisotopic (exact) mass is 375 g/mol. The molecule has 7 nitrogen and oxygen atoms in total. The van der Waals surface area contributed by atoms with E-state index in [1.165, 1.54) is 0 Å². The van der Waals surface area contributed by atoms with E-state index in [0.29, 0.717) is 27.0 Å². The fourth-order valence-corrected chi connectivity index (χ4v) is 3.04. The number of imidazole rings is 1. The van der Waals surface area contributed by atoms with Gasteiger partial charge >= 0.3 is 0 Å². The number of aliphatic hydroxyl groups excluding tert-OH is 3. The summed E-state index contributed by atoms with van der Waals surface area (Å²) in [6.45, 7) is 3.78. The number of fused-ring (bicyclic) bond motifs is 1. The van der Waals surface area contributed by atoms with Crippen molar-refractivity contribution >= 4 is 40.2 Å². The first-order chi connectivity index (χ1) is 11.3. The first kappa shape index (κ1) is 17.7. The average molecular weight is 376 g/mol. The van der Waals surface area contributed by atoms with Gasteiger partial charge in [-0.2, -0.15) is 0 Å². The van der Waals surface area contributed by atoms with E-state index in [1.54, 1.807) is 16.7 Å². The van der Waals surface area contributed by atoms with Crippen molar-refractivity contribution < 1.29 is 20.1 Å². The number of aromatic nitrogens is 2. The summed E-state index contributed by atoms with van der Waals surface area (Å²) in [6.07, 6.45) is -4.72. The Morgan fingerprint density at radius 3 is 2.54 bits per heavy atom. The fraction of sp³-hybridized carbons (Fsp3) is 0.533. The highest BCUT2D eigenvalue weighted by molar-refractivity contribution is 6.42. The molecule has 4 N–H and O–H groups in total. The van der Waals surface area contributed by atoms with Crippen LogP contribution in [0.1, 0.15) is 20.1 Å². The van der Waals surface area contributed by atoms with E-state index in [-0.39, 0.29) is 12.6 Å². The van der Waals surface area contributed by atoms with E-state index in [0.717, 1.165) is 0 Å². The zero-order valence-electron chi connectivity index (χ0n) is 13.1. The number of hydrogen-bond acceptors (Lipinski definition) is 6. The van der Waals surface area contributed by atoms with Crippen LogP contribution in [0.5, 0.6) is 0 Å². The number of nitrogens with zero attached hydrogens (tertiary/aromatic N) is 2. The number of halogens is 2. The number of benzene rings is 1. The lowest BCUT2D eigenvalue weighted by Gasteiger charge is -2.36. The van der Waals surface area contributed by atoms with Crippen molar-refractivity contribution in [2.24, 2.45) is 0 Å². The normalized spacial score (nSPS) is 27.8. The van der Waals surface area contributed by atoms with Crippen LogP contribution in [0, 0.1) is 0 Å². The van der Waals surface area contributed by atoms with Gasteiger partial charge in [-0.15, -0.1) is 0 Å². The largest absolute Gasteiger partial charge is 0.388 e. The van der Waals surface area contributed by atoms with Gasteiger partial charge in [-0.05, 0) is 26.0 Å². The van der Waals surface area contributed by atoms with E-state index >= 15 is 0 Å². The van der Waals surface area contributed by atoms with Gasteiger partial charge in [0.25, 0.3) is 0 Å².